The summed E-state index contributed by atoms with van der Waals surface area (Å²) in [7, 11) is 1.49. The number of nitrogens with one attached hydrogen (secondary N) is 2. The third-order valence-electron chi connectivity index (χ3n) is 5.08. The molecular weight excluding hydrogens is 547 g/mol. The number of halogens is 4. The number of alkyl halides is 3. The van der Waals surface area contributed by atoms with E-state index in [-0.39, 0.29) is 33.9 Å². The average Bonchev–Trinajstić information content (AvgIpc) is 3.57. The second-order valence-electron chi connectivity index (χ2n) is 7.60. The van der Waals surface area contributed by atoms with Crippen LogP contribution in [0, 0.1) is 0 Å². The zero-order chi connectivity index (χ0) is 27.3. The van der Waals surface area contributed by atoms with E-state index in [0.29, 0.717) is 17.3 Å². The lowest BCUT2D eigenvalue weighted by Gasteiger charge is -2.14. The van der Waals surface area contributed by atoms with Crippen LogP contribution in [0.1, 0.15) is 21.9 Å². The van der Waals surface area contributed by atoms with E-state index in [1.54, 1.807) is 34.9 Å². The van der Waals surface area contributed by atoms with Crippen molar-refractivity contribution >= 4 is 40.9 Å². The minimum absolute atomic E-state index is 0.0306. The van der Waals surface area contributed by atoms with Crippen molar-refractivity contribution in [3.63, 3.8) is 0 Å². The van der Waals surface area contributed by atoms with Gasteiger partial charge in [0.25, 0.3) is 5.91 Å². The maximum atomic E-state index is 13.0. The van der Waals surface area contributed by atoms with E-state index < -0.39 is 23.6 Å². The van der Waals surface area contributed by atoms with Gasteiger partial charge in [-0.3, -0.25) is 14.2 Å². The van der Waals surface area contributed by atoms with Gasteiger partial charge in [0.1, 0.15) is 5.75 Å². The van der Waals surface area contributed by atoms with Crippen molar-refractivity contribution in [3.05, 3.63) is 83.0 Å². The molecule has 9 nitrogen and oxygen atoms in total. The number of hydrogen-bond donors (Lipinski definition) is 2. The number of hydrogen-bond acceptors (Lipinski definition) is 7. The summed E-state index contributed by atoms with van der Waals surface area (Å²) in [4.78, 5) is 24.9. The normalized spacial score (nSPS) is 11.3. The van der Waals surface area contributed by atoms with E-state index in [4.69, 9.17) is 20.8 Å². The van der Waals surface area contributed by atoms with Crippen molar-refractivity contribution in [2.75, 3.05) is 18.2 Å². The third-order valence-corrected chi connectivity index (χ3v) is 6.34. The first-order valence-electron chi connectivity index (χ1n) is 10.9. The van der Waals surface area contributed by atoms with Crippen LogP contribution in [0.4, 0.5) is 18.9 Å². The highest BCUT2D eigenvalue weighted by molar-refractivity contribution is 7.99. The Kier molecular flexibility index (Phi) is 8.27. The SMILES string of the molecule is COc1ccccc1-n1c(CNC(=O)c2ccco2)nnc1SCC(=O)Nc1cc(C(F)(F)F)ccc1Cl. The van der Waals surface area contributed by atoms with Crippen molar-refractivity contribution < 1.29 is 31.9 Å². The summed E-state index contributed by atoms with van der Waals surface area (Å²) in [6.45, 7) is -0.0306. The lowest BCUT2D eigenvalue weighted by Crippen LogP contribution is -2.24. The smallest absolute Gasteiger partial charge is 0.416 e. The molecule has 0 aliphatic carbocycles. The zero-order valence-electron chi connectivity index (χ0n) is 19.6. The third kappa shape index (κ3) is 6.29. The predicted molar refractivity (Wildman–Crippen MR) is 134 cm³/mol. The summed E-state index contributed by atoms with van der Waals surface area (Å²) >= 11 is 6.96. The minimum atomic E-state index is -4.59. The number of anilines is 1. The fourth-order valence-electron chi connectivity index (χ4n) is 3.33. The number of aromatic nitrogens is 3. The van der Waals surface area contributed by atoms with E-state index >= 15 is 0 Å². The van der Waals surface area contributed by atoms with E-state index in [2.05, 4.69) is 20.8 Å². The molecular formula is C24H19ClF3N5O4S. The number of carbonyl (C=O) groups excluding carboxylic acids is 2. The highest BCUT2D eigenvalue weighted by atomic mass is 35.5. The number of benzene rings is 2. The standard InChI is InChI=1S/C24H19ClF3N5O4S/c1-36-18-6-3-2-5-17(18)33-20(12-29-22(35)19-7-4-10-37-19)31-32-23(33)38-13-21(34)30-16-11-14(24(26,27)28)8-9-15(16)25/h2-11H,12-13H2,1H3,(H,29,35)(H,30,34). The number of amides is 2. The topological polar surface area (TPSA) is 111 Å². The number of rotatable bonds is 9. The number of carbonyl (C=O) groups is 2. The fourth-order valence-corrected chi connectivity index (χ4v) is 4.26. The lowest BCUT2D eigenvalue weighted by molar-refractivity contribution is -0.137. The molecule has 2 aromatic carbocycles. The molecule has 0 atom stereocenters. The molecule has 0 radical (unpaired) electrons. The zero-order valence-corrected chi connectivity index (χ0v) is 21.2. The number of thioether (sulfide) groups is 1. The van der Waals surface area contributed by atoms with E-state index in [0.717, 1.165) is 30.0 Å². The van der Waals surface area contributed by atoms with Gasteiger partial charge in [-0.1, -0.05) is 35.5 Å². The van der Waals surface area contributed by atoms with Crippen LogP contribution in [0.15, 0.2) is 70.4 Å². The number of ether oxygens (including phenoxy) is 1. The molecule has 0 bridgehead atoms. The van der Waals surface area contributed by atoms with E-state index in [9.17, 15) is 22.8 Å². The molecule has 0 saturated heterocycles. The number of methoxy groups -OCH3 is 1. The van der Waals surface area contributed by atoms with Gasteiger partial charge in [-0.15, -0.1) is 10.2 Å². The summed E-state index contributed by atoms with van der Waals surface area (Å²) < 4.78 is 51.3. The monoisotopic (exact) mass is 565 g/mol. The molecule has 0 saturated carbocycles. The van der Waals surface area contributed by atoms with Crippen LogP contribution < -0.4 is 15.4 Å². The Morgan fingerprint density at radius 3 is 2.63 bits per heavy atom. The van der Waals surface area contributed by atoms with Crippen molar-refractivity contribution in [1.29, 1.82) is 0 Å². The van der Waals surface area contributed by atoms with Crippen molar-refractivity contribution in [2.45, 2.75) is 17.9 Å². The Hall–Kier alpha value is -3.97. The molecule has 2 heterocycles. The van der Waals surface area contributed by atoms with Crippen LogP contribution in [0.25, 0.3) is 5.69 Å². The van der Waals surface area contributed by atoms with Crippen LogP contribution >= 0.6 is 23.4 Å². The quantitative estimate of drug-likeness (QED) is 0.268. The molecule has 2 aromatic heterocycles. The first-order valence-corrected chi connectivity index (χ1v) is 12.2. The lowest BCUT2D eigenvalue weighted by atomic mass is 10.2. The first-order chi connectivity index (χ1) is 18.2. The van der Waals surface area contributed by atoms with Gasteiger partial charge in [0.2, 0.25) is 5.91 Å². The summed E-state index contributed by atoms with van der Waals surface area (Å²) in [5, 5.41) is 13.6. The van der Waals surface area contributed by atoms with E-state index in [1.165, 1.54) is 19.4 Å². The number of para-hydroxylation sites is 2. The fraction of sp³-hybridized carbons (Fsp3) is 0.167. The Morgan fingerprint density at radius 2 is 1.92 bits per heavy atom. The minimum Gasteiger partial charge on any atom is -0.495 e. The molecule has 4 rings (SSSR count). The molecule has 0 spiro atoms. The highest BCUT2D eigenvalue weighted by Gasteiger charge is 2.31. The molecule has 198 valence electrons. The molecule has 0 aliphatic rings. The number of furan rings is 1. The van der Waals surface area contributed by atoms with E-state index in [1.807, 2.05) is 0 Å². The molecule has 4 aromatic rings. The van der Waals surface area contributed by atoms with Crippen LogP contribution in [0.3, 0.4) is 0 Å². The Bertz CT molecular complexity index is 1440. The van der Waals surface area contributed by atoms with Crippen molar-refractivity contribution in [2.24, 2.45) is 0 Å². The van der Waals surface area contributed by atoms with Gasteiger partial charge in [0.05, 0.1) is 47.6 Å². The summed E-state index contributed by atoms with van der Waals surface area (Å²) in [6, 6.07) is 12.7. The van der Waals surface area contributed by atoms with Crippen LogP contribution in [0.5, 0.6) is 5.75 Å². The Labute approximate surface area is 223 Å². The molecule has 14 heteroatoms. The molecule has 2 N–H and O–H groups in total. The molecule has 0 aliphatic heterocycles. The van der Waals surface area contributed by atoms with Gasteiger partial charge < -0.3 is 19.8 Å². The van der Waals surface area contributed by atoms with Crippen LogP contribution in [-0.4, -0.2) is 39.4 Å². The van der Waals surface area contributed by atoms with Gasteiger partial charge in [0, 0.05) is 0 Å². The van der Waals surface area contributed by atoms with Gasteiger partial charge in [-0.2, -0.15) is 13.2 Å². The van der Waals surface area contributed by atoms with Crippen LogP contribution in [-0.2, 0) is 17.5 Å². The van der Waals surface area contributed by atoms with Crippen LogP contribution in [0.2, 0.25) is 5.02 Å². The van der Waals surface area contributed by atoms with Gasteiger partial charge >= 0.3 is 6.18 Å². The second kappa shape index (κ2) is 11.6. The maximum Gasteiger partial charge on any atom is 0.416 e. The van der Waals surface area contributed by atoms with Gasteiger partial charge in [-0.05, 0) is 42.5 Å². The number of nitrogens with zero attached hydrogens (tertiary/aromatic N) is 3. The maximum absolute atomic E-state index is 13.0. The van der Waals surface area contributed by atoms with Crippen molar-refractivity contribution in [1.82, 2.24) is 20.1 Å². The Balaban J connectivity index is 1.54. The van der Waals surface area contributed by atoms with Gasteiger partial charge in [0.15, 0.2) is 16.7 Å². The molecule has 2 amide bonds. The Morgan fingerprint density at radius 1 is 1.13 bits per heavy atom. The van der Waals surface area contributed by atoms with Gasteiger partial charge in [-0.25, -0.2) is 0 Å². The summed E-state index contributed by atoms with van der Waals surface area (Å²) in [5.74, 6) is -0.368. The molecule has 0 fully saturated rings. The molecule has 0 unspecified atom stereocenters. The highest BCUT2D eigenvalue weighted by Crippen LogP contribution is 2.34. The van der Waals surface area contributed by atoms with Crippen molar-refractivity contribution in [3.8, 4) is 11.4 Å². The summed E-state index contributed by atoms with van der Waals surface area (Å²) in [6.07, 6.45) is -3.22. The molecule has 38 heavy (non-hydrogen) atoms. The predicted octanol–water partition coefficient (Wildman–Crippen LogP) is 5.20. The largest absolute Gasteiger partial charge is 0.495 e. The average molecular weight is 566 g/mol. The summed E-state index contributed by atoms with van der Waals surface area (Å²) in [5.41, 5.74) is -0.562. The first kappa shape index (κ1) is 27.1. The second-order valence-corrected chi connectivity index (χ2v) is 8.94.